The standard InChI is InChI=1S/C13H19BrN2O2S/c1-2-3-8-16(11-5-6-11)19(17,18)13-9-10(15)4-7-12(13)14/h4,7,9,11H,2-3,5-6,8,15H2,1H3. The number of unbranched alkanes of at least 4 members (excludes halogenated alkanes) is 1. The van der Waals surface area contributed by atoms with E-state index in [-0.39, 0.29) is 10.9 Å². The molecule has 4 nitrogen and oxygen atoms in total. The topological polar surface area (TPSA) is 63.4 Å². The largest absolute Gasteiger partial charge is 0.399 e. The van der Waals surface area contributed by atoms with Crippen molar-refractivity contribution < 1.29 is 8.42 Å². The normalized spacial score (nSPS) is 15.9. The molecule has 1 aliphatic carbocycles. The number of hydrogen-bond donors (Lipinski definition) is 1. The van der Waals surface area contributed by atoms with Crippen molar-refractivity contribution >= 4 is 31.6 Å². The molecule has 0 atom stereocenters. The van der Waals surface area contributed by atoms with Gasteiger partial charge in [0.05, 0.1) is 4.90 Å². The Morgan fingerprint density at radius 1 is 1.42 bits per heavy atom. The average Bonchev–Trinajstić information content (AvgIpc) is 3.17. The molecule has 1 aliphatic rings. The van der Waals surface area contributed by atoms with Crippen LogP contribution in [0.15, 0.2) is 27.6 Å². The van der Waals surface area contributed by atoms with Crippen LogP contribution in [0.25, 0.3) is 0 Å². The Bertz CT molecular complexity index is 556. The highest BCUT2D eigenvalue weighted by Gasteiger charge is 2.38. The van der Waals surface area contributed by atoms with Crippen LogP contribution in [0.1, 0.15) is 32.6 Å². The van der Waals surface area contributed by atoms with Gasteiger partial charge in [-0.05, 0) is 53.4 Å². The van der Waals surface area contributed by atoms with Crippen LogP contribution in [-0.4, -0.2) is 25.3 Å². The van der Waals surface area contributed by atoms with Crippen molar-refractivity contribution in [3.63, 3.8) is 0 Å². The Kier molecular flexibility index (Phi) is 4.53. The first-order valence-corrected chi connectivity index (χ1v) is 8.77. The van der Waals surface area contributed by atoms with Gasteiger partial charge in [0.2, 0.25) is 10.0 Å². The molecular formula is C13H19BrN2O2S. The van der Waals surface area contributed by atoms with Gasteiger partial charge in [-0.2, -0.15) is 4.31 Å². The number of hydrogen-bond acceptors (Lipinski definition) is 3. The molecule has 106 valence electrons. The Morgan fingerprint density at radius 3 is 2.68 bits per heavy atom. The molecule has 0 heterocycles. The third kappa shape index (κ3) is 3.30. The number of benzene rings is 1. The van der Waals surface area contributed by atoms with Crippen LogP contribution in [0, 0.1) is 0 Å². The quantitative estimate of drug-likeness (QED) is 0.805. The van der Waals surface area contributed by atoms with Crippen LogP contribution in [-0.2, 0) is 10.0 Å². The lowest BCUT2D eigenvalue weighted by Gasteiger charge is -2.22. The maximum Gasteiger partial charge on any atom is 0.244 e. The molecule has 0 spiro atoms. The lowest BCUT2D eigenvalue weighted by atomic mass is 10.3. The Balaban J connectivity index is 2.35. The fourth-order valence-corrected chi connectivity index (χ4v) is 4.70. The smallest absolute Gasteiger partial charge is 0.244 e. The maximum atomic E-state index is 12.7. The molecule has 1 aromatic carbocycles. The van der Waals surface area contributed by atoms with Gasteiger partial charge in [-0.25, -0.2) is 8.42 Å². The van der Waals surface area contributed by atoms with Crippen LogP contribution in [0.5, 0.6) is 0 Å². The summed E-state index contributed by atoms with van der Waals surface area (Å²) in [4.78, 5) is 0.274. The van der Waals surface area contributed by atoms with Gasteiger partial charge in [-0.15, -0.1) is 0 Å². The molecule has 1 fully saturated rings. The molecule has 0 radical (unpaired) electrons. The molecule has 0 aliphatic heterocycles. The summed E-state index contributed by atoms with van der Waals surface area (Å²) in [6.45, 7) is 2.65. The first kappa shape index (κ1) is 14.8. The molecule has 0 bridgehead atoms. The fourth-order valence-electron chi connectivity index (χ4n) is 2.02. The predicted octanol–water partition coefficient (Wildman–Crippen LogP) is 2.98. The zero-order valence-electron chi connectivity index (χ0n) is 11.0. The molecule has 0 amide bonds. The second-order valence-electron chi connectivity index (χ2n) is 4.89. The summed E-state index contributed by atoms with van der Waals surface area (Å²) in [5, 5.41) is 0. The average molecular weight is 347 g/mol. The molecular weight excluding hydrogens is 328 g/mol. The molecule has 0 unspecified atom stereocenters. The second-order valence-corrected chi connectivity index (χ2v) is 7.60. The summed E-state index contributed by atoms with van der Waals surface area (Å²) in [6.07, 6.45) is 3.79. The first-order chi connectivity index (χ1) is 8.96. The van der Waals surface area contributed by atoms with Crippen molar-refractivity contribution in [3.05, 3.63) is 22.7 Å². The number of anilines is 1. The summed E-state index contributed by atoms with van der Waals surface area (Å²) in [5.41, 5.74) is 6.18. The Morgan fingerprint density at radius 2 is 2.11 bits per heavy atom. The molecule has 19 heavy (non-hydrogen) atoms. The number of rotatable bonds is 6. The molecule has 2 N–H and O–H groups in total. The minimum Gasteiger partial charge on any atom is -0.399 e. The van der Waals surface area contributed by atoms with E-state index in [0.29, 0.717) is 16.7 Å². The minimum absolute atomic E-state index is 0.171. The van der Waals surface area contributed by atoms with Gasteiger partial charge in [0.25, 0.3) is 0 Å². The summed E-state index contributed by atoms with van der Waals surface area (Å²) < 4.78 is 27.7. The highest BCUT2D eigenvalue weighted by molar-refractivity contribution is 9.10. The van der Waals surface area contributed by atoms with E-state index in [2.05, 4.69) is 22.9 Å². The van der Waals surface area contributed by atoms with Crippen LogP contribution < -0.4 is 5.73 Å². The summed E-state index contributed by atoms with van der Waals surface area (Å²) in [5.74, 6) is 0. The fraction of sp³-hybridized carbons (Fsp3) is 0.538. The Hall–Kier alpha value is -0.590. The van der Waals surface area contributed by atoms with Crippen molar-refractivity contribution in [1.29, 1.82) is 0 Å². The molecule has 0 aromatic heterocycles. The zero-order valence-corrected chi connectivity index (χ0v) is 13.4. The Labute approximate surface area is 123 Å². The third-order valence-corrected chi connectivity index (χ3v) is 6.17. The number of sulfonamides is 1. The van der Waals surface area contributed by atoms with Gasteiger partial charge in [-0.3, -0.25) is 0 Å². The van der Waals surface area contributed by atoms with Gasteiger partial charge in [-0.1, -0.05) is 13.3 Å². The predicted molar refractivity (Wildman–Crippen MR) is 80.4 cm³/mol. The van der Waals surface area contributed by atoms with Gasteiger partial charge < -0.3 is 5.73 Å². The van der Waals surface area contributed by atoms with Crippen molar-refractivity contribution in [1.82, 2.24) is 4.31 Å². The van der Waals surface area contributed by atoms with E-state index >= 15 is 0 Å². The lowest BCUT2D eigenvalue weighted by Crippen LogP contribution is -2.34. The van der Waals surface area contributed by atoms with Crippen molar-refractivity contribution in [2.75, 3.05) is 12.3 Å². The summed E-state index contributed by atoms with van der Waals surface area (Å²) in [7, 11) is -3.46. The molecule has 6 heteroatoms. The second kappa shape index (κ2) is 5.81. The van der Waals surface area contributed by atoms with Gasteiger partial charge in [0, 0.05) is 22.7 Å². The van der Waals surface area contributed by atoms with E-state index < -0.39 is 10.0 Å². The minimum atomic E-state index is -3.46. The monoisotopic (exact) mass is 346 g/mol. The van der Waals surface area contributed by atoms with E-state index in [9.17, 15) is 8.42 Å². The maximum absolute atomic E-state index is 12.7. The summed E-state index contributed by atoms with van der Waals surface area (Å²) in [6, 6.07) is 5.08. The van der Waals surface area contributed by atoms with E-state index in [1.807, 2.05) is 0 Å². The van der Waals surface area contributed by atoms with Gasteiger partial charge >= 0.3 is 0 Å². The number of nitrogen functional groups attached to an aromatic ring is 1. The molecule has 1 saturated carbocycles. The lowest BCUT2D eigenvalue weighted by molar-refractivity contribution is 0.395. The molecule has 2 rings (SSSR count). The van der Waals surface area contributed by atoms with Crippen LogP contribution in [0.4, 0.5) is 5.69 Å². The van der Waals surface area contributed by atoms with Crippen molar-refractivity contribution in [2.24, 2.45) is 0 Å². The highest BCUT2D eigenvalue weighted by Crippen LogP contribution is 2.35. The number of nitrogens with zero attached hydrogens (tertiary/aromatic N) is 1. The zero-order chi connectivity index (χ0) is 14.0. The van der Waals surface area contributed by atoms with E-state index in [1.165, 1.54) is 6.07 Å². The highest BCUT2D eigenvalue weighted by atomic mass is 79.9. The van der Waals surface area contributed by atoms with Crippen LogP contribution >= 0.6 is 15.9 Å². The number of nitrogens with two attached hydrogens (primary N) is 1. The van der Waals surface area contributed by atoms with E-state index in [1.54, 1.807) is 16.4 Å². The van der Waals surface area contributed by atoms with Crippen molar-refractivity contribution in [2.45, 2.75) is 43.5 Å². The first-order valence-electron chi connectivity index (χ1n) is 6.53. The van der Waals surface area contributed by atoms with Crippen molar-refractivity contribution in [3.8, 4) is 0 Å². The molecule has 1 aromatic rings. The summed E-state index contributed by atoms with van der Waals surface area (Å²) >= 11 is 3.31. The van der Waals surface area contributed by atoms with Crippen LogP contribution in [0.2, 0.25) is 0 Å². The SMILES string of the molecule is CCCCN(C1CC1)S(=O)(=O)c1cc(N)ccc1Br. The van der Waals surface area contributed by atoms with Gasteiger partial charge in [0.15, 0.2) is 0 Å². The number of halogens is 1. The molecule has 0 saturated heterocycles. The van der Waals surface area contributed by atoms with Crippen LogP contribution in [0.3, 0.4) is 0 Å². The van der Waals surface area contributed by atoms with E-state index in [0.717, 1.165) is 25.7 Å². The van der Waals surface area contributed by atoms with Gasteiger partial charge in [0.1, 0.15) is 0 Å². The third-order valence-electron chi connectivity index (χ3n) is 3.23. The van der Waals surface area contributed by atoms with E-state index in [4.69, 9.17) is 5.73 Å².